The molecule has 0 heterocycles. The average molecular weight is 401 g/mol. The van der Waals surface area contributed by atoms with E-state index < -0.39 is 11.9 Å². The van der Waals surface area contributed by atoms with Gasteiger partial charge in [-0.15, -0.1) is 0 Å². The van der Waals surface area contributed by atoms with Crippen LogP contribution in [-0.4, -0.2) is 64.7 Å². The van der Waals surface area contributed by atoms with E-state index in [0.29, 0.717) is 6.61 Å². The van der Waals surface area contributed by atoms with E-state index in [4.69, 9.17) is 24.9 Å². The molecular weight excluding hydrogens is 387 g/mol. The van der Waals surface area contributed by atoms with E-state index in [1.54, 1.807) is 7.11 Å². The Balaban J connectivity index is -0.0000000522. The quantitative estimate of drug-likeness (QED) is 0.487. The molecule has 7 heteroatoms. The van der Waals surface area contributed by atoms with Gasteiger partial charge >= 0.3 is 27.3 Å². The third kappa shape index (κ3) is 431. The molecule has 82 valence electrons. The molecule has 0 saturated carbocycles. The molecule has 0 saturated heterocycles. The van der Waals surface area contributed by atoms with Gasteiger partial charge in [0.25, 0.3) is 0 Å². The number of methoxy groups -OCH3 is 1. The smallest absolute Gasteiger partial charge is 0.550 e. The summed E-state index contributed by atoms with van der Waals surface area (Å²) in [5, 5.41) is 25.7. The molecule has 14 heavy (non-hydrogen) atoms. The van der Waals surface area contributed by atoms with Crippen molar-refractivity contribution in [2.24, 2.45) is 0 Å². The fraction of sp³-hybridized carbons (Fsp3) is 0.714. The second kappa shape index (κ2) is 23.0. The van der Waals surface area contributed by atoms with E-state index in [9.17, 15) is 0 Å². The van der Waals surface area contributed by atoms with Gasteiger partial charge in [0.2, 0.25) is 0 Å². The van der Waals surface area contributed by atoms with Crippen molar-refractivity contribution in [1.82, 2.24) is 0 Å². The first-order valence-corrected chi connectivity index (χ1v) is 3.33. The molecule has 2 radical (unpaired) electrons. The maximum absolute atomic E-state index is 8.89. The predicted molar refractivity (Wildman–Crippen MR) is 46.1 cm³/mol. The van der Waals surface area contributed by atoms with Gasteiger partial charge in [-0.05, 0) is 13.8 Å². The van der Waals surface area contributed by atoms with Gasteiger partial charge in [-0.1, -0.05) is 0 Å². The monoisotopic (exact) mass is 402 g/mol. The molecule has 0 unspecified atom stereocenters. The molecule has 1 N–H and O–H groups in total. The van der Waals surface area contributed by atoms with Crippen molar-refractivity contribution in [2.75, 3.05) is 20.3 Å². The molecule has 0 aromatic carbocycles. The van der Waals surface area contributed by atoms with Crippen molar-refractivity contribution >= 4 is 39.2 Å². The Morgan fingerprint density at radius 1 is 1.21 bits per heavy atom. The minimum atomic E-state index is -1.08. The predicted octanol–water partition coefficient (Wildman–Crippen LogP) is -3.24. The number of ether oxygens (including phenoxy) is 1. The van der Waals surface area contributed by atoms with E-state index in [0.717, 1.165) is 13.8 Å². The molecule has 0 aromatic rings. The van der Waals surface area contributed by atoms with Crippen LogP contribution in [0.25, 0.3) is 0 Å². The molecule has 0 aliphatic heterocycles. The van der Waals surface area contributed by atoms with Crippen LogP contribution in [0.2, 0.25) is 0 Å². The summed E-state index contributed by atoms with van der Waals surface area (Å²) in [7, 11) is 1.55. The SMILES string of the molecule is CC(=O)[O-].CC(=O)[O-].COCCO.[Pb+2]. The standard InChI is InChI=1S/C3H8O2.2C2H4O2.Pb/c1-5-3-2-4;2*1-2(3)4;/h4H,2-3H2,1H3;2*1H3,(H,3,4);/q;;;+2/p-2. The molecule has 0 amide bonds. The summed E-state index contributed by atoms with van der Waals surface area (Å²) in [6, 6.07) is 0. The van der Waals surface area contributed by atoms with E-state index in [1.807, 2.05) is 0 Å². The summed E-state index contributed by atoms with van der Waals surface area (Å²) >= 11 is 0. The second-order valence-corrected chi connectivity index (χ2v) is 1.70. The number of rotatable bonds is 2. The van der Waals surface area contributed by atoms with Crippen LogP contribution in [0.3, 0.4) is 0 Å². The maximum atomic E-state index is 8.89. The van der Waals surface area contributed by atoms with Gasteiger partial charge in [-0.25, -0.2) is 0 Å². The number of carbonyl (C=O) groups excluding carboxylic acids is 2. The normalized spacial score (nSPS) is 6.57. The molecule has 0 aliphatic rings. The summed E-state index contributed by atoms with van der Waals surface area (Å²) in [5.41, 5.74) is 0. The van der Waals surface area contributed by atoms with Crippen molar-refractivity contribution in [3.05, 3.63) is 0 Å². The molecular formula is C7H14O6Pb. The molecule has 6 nitrogen and oxygen atoms in total. The van der Waals surface area contributed by atoms with Crippen molar-refractivity contribution in [1.29, 1.82) is 0 Å². The Morgan fingerprint density at radius 2 is 1.43 bits per heavy atom. The topological polar surface area (TPSA) is 110 Å². The number of aliphatic carboxylic acids is 2. The first kappa shape index (κ1) is 23.5. The zero-order chi connectivity index (χ0) is 11.3. The maximum Gasteiger partial charge on any atom is 2.00 e. The molecule has 0 aliphatic carbocycles. The van der Waals surface area contributed by atoms with Crippen LogP contribution in [0.5, 0.6) is 0 Å². The minimum absolute atomic E-state index is 0. The molecule has 0 atom stereocenters. The van der Waals surface area contributed by atoms with Gasteiger partial charge < -0.3 is 29.6 Å². The van der Waals surface area contributed by atoms with Gasteiger partial charge in [0, 0.05) is 19.0 Å². The summed E-state index contributed by atoms with van der Waals surface area (Å²) < 4.78 is 4.44. The van der Waals surface area contributed by atoms with Crippen LogP contribution in [0.15, 0.2) is 0 Å². The Hall–Kier alpha value is -0.218. The summed E-state index contributed by atoms with van der Waals surface area (Å²) in [4.78, 5) is 17.8. The van der Waals surface area contributed by atoms with Crippen LogP contribution in [0, 0.1) is 0 Å². The van der Waals surface area contributed by atoms with Crippen LogP contribution >= 0.6 is 0 Å². The molecule has 0 spiro atoms. The zero-order valence-corrected chi connectivity index (χ0v) is 12.3. The number of hydrogen-bond donors (Lipinski definition) is 1. The Kier molecular flexibility index (Phi) is 38.7. The number of hydrogen-bond acceptors (Lipinski definition) is 6. The molecule has 0 bridgehead atoms. The summed E-state index contributed by atoms with van der Waals surface area (Å²) in [6.07, 6.45) is 0. The number of aliphatic hydroxyl groups is 1. The van der Waals surface area contributed by atoms with Crippen LogP contribution in [0.4, 0.5) is 0 Å². The largest absolute Gasteiger partial charge is 2.00 e. The molecule has 0 aromatic heterocycles. The average Bonchev–Trinajstić information content (AvgIpc) is 1.86. The molecule has 0 fully saturated rings. The van der Waals surface area contributed by atoms with Gasteiger partial charge in [-0.3, -0.25) is 0 Å². The third-order valence-electron chi connectivity index (χ3n) is 0.295. The van der Waals surface area contributed by atoms with Crippen molar-refractivity contribution in [2.45, 2.75) is 13.8 Å². The van der Waals surface area contributed by atoms with Crippen LogP contribution < -0.4 is 10.2 Å². The first-order valence-electron chi connectivity index (χ1n) is 3.33. The third-order valence-corrected chi connectivity index (χ3v) is 0.295. The summed E-state index contributed by atoms with van der Waals surface area (Å²) in [5.74, 6) is -2.17. The number of carbonyl (C=O) groups is 2. The Labute approximate surface area is 103 Å². The van der Waals surface area contributed by atoms with Crippen molar-refractivity contribution < 1.29 is 29.6 Å². The first-order chi connectivity index (χ1) is 5.88. The Bertz CT molecular complexity index is 105. The Morgan fingerprint density at radius 3 is 1.43 bits per heavy atom. The molecule has 0 rings (SSSR count). The van der Waals surface area contributed by atoms with Crippen molar-refractivity contribution in [3.63, 3.8) is 0 Å². The van der Waals surface area contributed by atoms with Crippen molar-refractivity contribution in [3.8, 4) is 0 Å². The number of carboxylic acid groups (broad SMARTS) is 2. The van der Waals surface area contributed by atoms with E-state index in [1.165, 1.54) is 0 Å². The number of carboxylic acids is 2. The van der Waals surface area contributed by atoms with Crippen LogP contribution in [-0.2, 0) is 14.3 Å². The second-order valence-electron chi connectivity index (χ2n) is 1.70. The van der Waals surface area contributed by atoms with Gasteiger partial charge in [0.15, 0.2) is 0 Å². The zero-order valence-electron chi connectivity index (χ0n) is 8.40. The van der Waals surface area contributed by atoms with E-state index in [-0.39, 0.29) is 33.9 Å². The van der Waals surface area contributed by atoms with Crippen LogP contribution in [0.1, 0.15) is 13.8 Å². The van der Waals surface area contributed by atoms with E-state index in [2.05, 4.69) is 4.74 Å². The number of aliphatic hydroxyl groups excluding tert-OH is 1. The van der Waals surface area contributed by atoms with E-state index >= 15 is 0 Å². The fourth-order valence-corrected chi connectivity index (χ4v) is 0.0913. The fourth-order valence-electron chi connectivity index (χ4n) is 0.0913. The minimum Gasteiger partial charge on any atom is -0.550 e. The van der Waals surface area contributed by atoms with Gasteiger partial charge in [0.05, 0.1) is 13.2 Å². The van der Waals surface area contributed by atoms with Gasteiger partial charge in [0.1, 0.15) is 0 Å². The summed E-state index contributed by atoms with van der Waals surface area (Å²) in [6.45, 7) is 2.51. The van der Waals surface area contributed by atoms with Gasteiger partial charge in [-0.2, -0.15) is 0 Å².